The smallest absolute Gasteiger partial charge is 0.137 e. The van der Waals surface area contributed by atoms with E-state index in [-0.39, 0.29) is 0 Å². The Labute approximate surface area is 337 Å². The Bertz CT molecular complexity index is 3080. The standard InChI is InChI=1S/C54H38N2O2/c1-3-12-39(4-2)55(40-17-6-5-7-18-40)43-23-25-45-47-27-30-50-54-48(28-29-49(53(47)54)57-51(45)33-43)46-26-24-44(34-52(46)58-50)56(41-21-19-35-13-8-10-15-37(35)31-41)42-22-20-36-14-9-11-16-38(36)32-42/h3-34H,1-2H3. The largest absolute Gasteiger partial charge is 0.456 e. The van der Waals surface area contributed by atoms with Crippen LogP contribution in [0.5, 0.6) is 23.0 Å². The number of para-hydroxylation sites is 1. The number of benzene rings is 9. The first-order valence-electron chi connectivity index (χ1n) is 19.8. The molecule has 0 radical (unpaired) electrons. The number of anilines is 5. The SMILES string of the molecule is CC=CC(=CC)N(c1ccccc1)c1ccc2c(c1)Oc1ccc3c4c(ccc-2c14)Oc1cc(N(c2ccc4ccccc4c2)c2ccc4ccccc4c2)ccc1-3. The number of hydrogen-bond acceptors (Lipinski definition) is 4. The second kappa shape index (κ2) is 13.6. The summed E-state index contributed by atoms with van der Waals surface area (Å²) in [6.07, 6.45) is 6.34. The number of allylic oxidation sites excluding steroid dienone is 3. The highest BCUT2D eigenvalue weighted by molar-refractivity contribution is 6.14. The van der Waals surface area contributed by atoms with Crippen LogP contribution >= 0.6 is 0 Å². The molecule has 0 fully saturated rings. The van der Waals surface area contributed by atoms with Crippen LogP contribution in [0.15, 0.2) is 200 Å². The summed E-state index contributed by atoms with van der Waals surface area (Å²) in [6.45, 7) is 4.12. The molecule has 0 amide bonds. The lowest BCUT2D eigenvalue weighted by atomic mass is 9.88. The van der Waals surface area contributed by atoms with Gasteiger partial charge < -0.3 is 19.3 Å². The van der Waals surface area contributed by atoms with Gasteiger partial charge in [-0.1, -0.05) is 91.0 Å². The minimum atomic E-state index is 0.823. The lowest BCUT2D eigenvalue weighted by Gasteiger charge is -2.30. The fraction of sp³-hybridized carbons (Fsp3) is 0.0370. The van der Waals surface area contributed by atoms with E-state index in [4.69, 9.17) is 9.47 Å². The van der Waals surface area contributed by atoms with Gasteiger partial charge in [-0.2, -0.15) is 0 Å². The summed E-state index contributed by atoms with van der Waals surface area (Å²) in [7, 11) is 0. The summed E-state index contributed by atoms with van der Waals surface area (Å²) >= 11 is 0. The van der Waals surface area contributed by atoms with E-state index in [1.807, 2.05) is 13.0 Å². The molecule has 0 saturated heterocycles. The summed E-state index contributed by atoms with van der Waals surface area (Å²) in [5.41, 5.74) is 10.8. The van der Waals surface area contributed by atoms with Gasteiger partial charge in [0.15, 0.2) is 0 Å². The van der Waals surface area contributed by atoms with Crippen LogP contribution in [0.25, 0.3) is 54.6 Å². The average molecular weight is 747 g/mol. The zero-order chi connectivity index (χ0) is 38.7. The van der Waals surface area contributed by atoms with Crippen molar-refractivity contribution in [1.29, 1.82) is 0 Å². The fourth-order valence-corrected chi connectivity index (χ4v) is 8.78. The molecule has 9 aromatic rings. The predicted molar refractivity (Wildman–Crippen MR) is 242 cm³/mol. The molecule has 0 saturated carbocycles. The van der Waals surface area contributed by atoms with Crippen LogP contribution in [0.4, 0.5) is 28.4 Å². The van der Waals surface area contributed by atoms with Crippen molar-refractivity contribution in [2.75, 3.05) is 9.80 Å². The van der Waals surface area contributed by atoms with Crippen molar-refractivity contribution in [2.24, 2.45) is 0 Å². The summed E-state index contributed by atoms with van der Waals surface area (Å²) < 4.78 is 13.7. The van der Waals surface area contributed by atoms with Gasteiger partial charge in [0.2, 0.25) is 0 Å². The van der Waals surface area contributed by atoms with Crippen LogP contribution in [-0.2, 0) is 0 Å². The fourth-order valence-electron chi connectivity index (χ4n) is 8.78. The first-order chi connectivity index (χ1) is 28.6. The molecule has 276 valence electrons. The molecule has 0 bridgehead atoms. The van der Waals surface area contributed by atoms with Gasteiger partial charge in [0.1, 0.15) is 23.0 Å². The Balaban J connectivity index is 1.01. The van der Waals surface area contributed by atoms with Gasteiger partial charge in [-0.15, -0.1) is 0 Å². The quantitative estimate of drug-likeness (QED) is 0.152. The zero-order valence-corrected chi connectivity index (χ0v) is 32.2. The van der Waals surface area contributed by atoms with Crippen LogP contribution in [0.3, 0.4) is 0 Å². The minimum Gasteiger partial charge on any atom is -0.456 e. The van der Waals surface area contributed by atoms with Crippen LogP contribution in [0, 0.1) is 0 Å². The molecule has 2 aliphatic heterocycles. The van der Waals surface area contributed by atoms with Crippen LogP contribution < -0.4 is 19.3 Å². The molecule has 0 unspecified atom stereocenters. The van der Waals surface area contributed by atoms with E-state index in [0.717, 1.165) is 90.2 Å². The monoisotopic (exact) mass is 746 g/mol. The molecule has 4 heteroatoms. The van der Waals surface area contributed by atoms with Gasteiger partial charge in [-0.05, 0) is 138 Å². The molecule has 11 rings (SSSR count). The maximum atomic E-state index is 6.88. The Morgan fingerprint density at radius 2 is 0.862 bits per heavy atom. The Hall–Kier alpha value is -7.56. The average Bonchev–Trinajstić information content (AvgIpc) is 3.27. The molecule has 0 atom stereocenters. The van der Waals surface area contributed by atoms with Crippen LogP contribution in [0.2, 0.25) is 0 Å². The number of fused-ring (bicyclic) bond motifs is 6. The topological polar surface area (TPSA) is 24.9 Å². The molecule has 0 aromatic heterocycles. The van der Waals surface area contributed by atoms with Crippen LogP contribution in [0.1, 0.15) is 13.8 Å². The summed E-state index contributed by atoms with van der Waals surface area (Å²) in [4.78, 5) is 4.59. The second-order valence-electron chi connectivity index (χ2n) is 14.8. The third kappa shape index (κ3) is 5.45. The Morgan fingerprint density at radius 3 is 1.41 bits per heavy atom. The summed E-state index contributed by atoms with van der Waals surface area (Å²) in [6, 6.07) is 62.6. The minimum absolute atomic E-state index is 0.823. The molecule has 0 spiro atoms. The van der Waals surface area contributed by atoms with Crippen LogP contribution in [-0.4, -0.2) is 0 Å². The molecule has 2 heterocycles. The normalized spacial score (nSPS) is 12.6. The van der Waals surface area contributed by atoms with E-state index in [9.17, 15) is 0 Å². The first-order valence-corrected chi connectivity index (χ1v) is 19.8. The van der Waals surface area contributed by atoms with Gasteiger partial charge in [0.25, 0.3) is 0 Å². The van der Waals surface area contributed by atoms with E-state index in [1.165, 1.54) is 21.5 Å². The molecular weight excluding hydrogens is 709 g/mol. The van der Waals surface area contributed by atoms with Crippen molar-refractivity contribution >= 4 is 60.8 Å². The Kier molecular flexibility index (Phi) is 7.90. The van der Waals surface area contributed by atoms with Gasteiger partial charge in [-0.3, -0.25) is 0 Å². The van der Waals surface area contributed by atoms with E-state index < -0.39 is 0 Å². The number of hydrogen-bond donors (Lipinski definition) is 0. The van der Waals surface area contributed by atoms with Crippen molar-refractivity contribution in [3.63, 3.8) is 0 Å². The number of ether oxygens (including phenoxy) is 2. The molecule has 2 aliphatic rings. The van der Waals surface area contributed by atoms with Gasteiger partial charge in [0.05, 0.1) is 0 Å². The molecule has 4 nitrogen and oxygen atoms in total. The third-order valence-corrected chi connectivity index (χ3v) is 11.4. The Morgan fingerprint density at radius 1 is 0.397 bits per heavy atom. The third-order valence-electron chi connectivity index (χ3n) is 11.4. The predicted octanol–water partition coefficient (Wildman–Crippen LogP) is 15.8. The zero-order valence-electron chi connectivity index (χ0n) is 32.2. The van der Waals surface area contributed by atoms with Crippen molar-refractivity contribution in [2.45, 2.75) is 13.8 Å². The lowest BCUT2D eigenvalue weighted by Crippen LogP contribution is -2.15. The van der Waals surface area contributed by atoms with Crippen molar-refractivity contribution in [3.8, 4) is 45.3 Å². The van der Waals surface area contributed by atoms with Crippen molar-refractivity contribution < 1.29 is 9.47 Å². The van der Waals surface area contributed by atoms with Gasteiger partial charge in [0, 0.05) is 68.2 Å². The maximum absolute atomic E-state index is 6.88. The molecule has 0 N–H and O–H groups in total. The van der Waals surface area contributed by atoms with E-state index >= 15 is 0 Å². The first kappa shape index (κ1) is 33.8. The van der Waals surface area contributed by atoms with Gasteiger partial charge in [-0.25, -0.2) is 0 Å². The second-order valence-corrected chi connectivity index (χ2v) is 14.8. The number of nitrogens with zero attached hydrogens (tertiary/aromatic N) is 2. The molecule has 9 aromatic carbocycles. The van der Waals surface area contributed by atoms with Crippen molar-refractivity contribution in [3.05, 3.63) is 200 Å². The van der Waals surface area contributed by atoms with Gasteiger partial charge >= 0.3 is 0 Å². The molecular formula is C54H38N2O2. The lowest BCUT2D eigenvalue weighted by molar-refractivity contribution is 0.480. The maximum Gasteiger partial charge on any atom is 0.137 e. The molecule has 58 heavy (non-hydrogen) atoms. The van der Waals surface area contributed by atoms with E-state index in [0.29, 0.717) is 0 Å². The summed E-state index contributed by atoms with van der Waals surface area (Å²) in [5, 5.41) is 6.95. The van der Waals surface area contributed by atoms with Crippen molar-refractivity contribution in [1.82, 2.24) is 0 Å². The summed E-state index contributed by atoms with van der Waals surface area (Å²) in [5.74, 6) is 3.30. The van der Waals surface area contributed by atoms with E-state index in [2.05, 4.69) is 205 Å². The number of rotatable bonds is 7. The highest BCUT2D eigenvalue weighted by atomic mass is 16.5. The van der Waals surface area contributed by atoms with E-state index in [1.54, 1.807) is 0 Å². The highest BCUT2D eigenvalue weighted by Gasteiger charge is 2.29. The molecule has 0 aliphatic carbocycles. The highest BCUT2D eigenvalue weighted by Crippen LogP contribution is 2.56.